The number of rotatable bonds is 7. The standard InChI is InChI=1S/C13H16NO5P/c1-3-18-20(19-4-2)9-17-14-12(15)10-7-5-6-8-11(10)13(14)16/h5-8H,3-4,9H2,1-2H3. The Balaban J connectivity index is 2.01. The van der Waals surface area contributed by atoms with Crippen LogP contribution < -0.4 is 0 Å². The first-order valence-electron chi connectivity index (χ1n) is 6.33. The average molecular weight is 297 g/mol. The normalized spacial score (nSPS) is 14.2. The van der Waals surface area contributed by atoms with E-state index in [0.29, 0.717) is 24.3 Å². The molecule has 0 saturated heterocycles. The smallest absolute Gasteiger partial charge is 0.285 e. The number of hydrogen-bond donors (Lipinski definition) is 0. The monoisotopic (exact) mass is 297 g/mol. The van der Waals surface area contributed by atoms with E-state index in [1.165, 1.54) is 0 Å². The Hall–Kier alpha value is -1.33. The molecule has 0 atom stereocenters. The molecular formula is C13H16NO5P. The van der Waals surface area contributed by atoms with Gasteiger partial charge in [0, 0.05) is 0 Å². The van der Waals surface area contributed by atoms with Crippen LogP contribution in [0.3, 0.4) is 0 Å². The molecule has 108 valence electrons. The molecule has 0 saturated carbocycles. The fourth-order valence-electron chi connectivity index (χ4n) is 1.79. The summed E-state index contributed by atoms with van der Waals surface area (Å²) >= 11 is 0. The molecule has 0 unspecified atom stereocenters. The minimum absolute atomic E-state index is 0.0441. The highest BCUT2D eigenvalue weighted by atomic mass is 31.2. The molecular weight excluding hydrogens is 281 g/mol. The van der Waals surface area contributed by atoms with Crippen LogP contribution in [0, 0.1) is 0 Å². The summed E-state index contributed by atoms with van der Waals surface area (Å²) in [5.74, 6) is -0.901. The number of benzene rings is 1. The second-order valence-corrected chi connectivity index (χ2v) is 5.32. The van der Waals surface area contributed by atoms with E-state index in [2.05, 4.69) is 0 Å². The number of fused-ring (bicyclic) bond motifs is 1. The van der Waals surface area contributed by atoms with Crippen molar-refractivity contribution in [2.24, 2.45) is 0 Å². The van der Waals surface area contributed by atoms with Crippen molar-refractivity contribution in [3.05, 3.63) is 35.4 Å². The van der Waals surface area contributed by atoms with Crippen molar-refractivity contribution in [2.75, 3.05) is 19.6 Å². The van der Waals surface area contributed by atoms with Crippen LogP contribution in [0.1, 0.15) is 34.6 Å². The third-order valence-corrected chi connectivity index (χ3v) is 4.01. The zero-order valence-electron chi connectivity index (χ0n) is 11.4. The van der Waals surface area contributed by atoms with Crippen molar-refractivity contribution >= 4 is 20.2 Å². The molecule has 0 fully saturated rings. The van der Waals surface area contributed by atoms with Gasteiger partial charge in [-0.15, -0.1) is 5.06 Å². The van der Waals surface area contributed by atoms with Crippen LogP contribution in [-0.4, -0.2) is 36.4 Å². The van der Waals surface area contributed by atoms with E-state index in [0.717, 1.165) is 5.06 Å². The molecule has 6 nitrogen and oxygen atoms in total. The van der Waals surface area contributed by atoms with Crippen LogP contribution in [0.4, 0.5) is 0 Å². The predicted molar refractivity (Wildman–Crippen MR) is 73.1 cm³/mol. The minimum atomic E-state index is -1.26. The van der Waals surface area contributed by atoms with Crippen LogP contribution >= 0.6 is 8.38 Å². The van der Waals surface area contributed by atoms with Crippen LogP contribution in [0.5, 0.6) is 0 Å². The number of hydrogen-bond acceptors (Lipinski definition) is 5. The van der Waals surface area contributed by atoms with Gasteiger partial charge in [-0.3, -0.25) is 14.4 Å². The molecule has 7 heteroatoms. The third kappa shape index (κ3) is 3.04. The largest absolute Gasteiger partial charge is 0.333 e. The number of imide groups is 1. The highest BCUT2D eigenvalue weighted by Crippen LogP contribution is 2.38. The highest BCUT2D eigenvalue weighted by molar-refractivity contribution is 7.47. The fraction of sp³-hybridized carbons (Fsp3) is 0.385. The van der Waals surface area contributed by atoms with Crippen molar-refractivity contribution in [1.29, 1.82) is 0 Å². The summed E-state index contributed by atoms with van der Waals surface area (Å²) in [5.41, 5.74) is 0.712. The molecule has 1 heterocycles. The molecule has 0 bridgehead atoms. The zero-order chi connectivity index (χ0) is 14.5. The number of hydroxylamine groups is 2. The molecule has 1 aromatic carbocycles. The lowest BCUT2D eigenvalue weighted by Gasteiger charge is -2.18. The summed E-state index contributed by atoms with van der Waals surface area (Å²) in [6.07, 6.45) is 0.0441. The molecule has 0 spiro atoms. The van der Waals surface area contributed by atoms with Gasteiger partial charge in [-0.25, -0.2) is 0 Å². The van der Waals surface area contributed by atoms with E-state index in [-0.39, 0.29) is 6.35 Å². The van der Waals surface area contributed by atoms with Gasteiger partial charge >= 0.3 is 0 Å². The van der Waals surface area contributed by atoms with Gasteiger partial charge in [0.1, 0.15) is 6.35 Å². The maximum atomic E-state index is 12.0. The Labute approximate surface area is 118 Å². The lowest BCUT2D eigenvalue weighted by Crippen LogP contribution is -2.30. The molecule has 1 aliphatic heterocycles. The van der Waals surface area contributed by atoms with E-state index in [1.54, 1.807) is 24.3 Å². The van der Waals surface area contributed by atoms with Crippen LogP contribution in [-0.2, 0) is 13.9 Å². The van der Waals surface area contributed by atoms with Gasteiger partial charge in [-0.2, -0.15) is 0 Å². The Morgan fingerprint density at radius 3 is 1.95 bits per heavy atom. The van der Waals surface area contributed by atoms with Gasteiger partial charge < -0.3 is 9.05 Å². The quantitative estimate of drug-likeness (QED) is 0.571. The van der Waals surface area contributed by atoms with E-state index in [1.807, 2.05) is 13.8 Å². The van der Waals surface area contributed by atoms with Crippen molar-refractivity contribution in [2.45, 2.75) is 13.8 Å². The molecule has 0 radical (unpaired) electrons. The maximum absolute atomic E-state index is 12.0. The third-order valence-electron chi connectivity index (χ3n) is 2.60. The van der Waals surface area contributed by atoms with E-state index in [9.17, 15) is 9.59 Å². The van der Waals surface area contributed by atoms with Crippen molar-refractivity contribution in [3.8, 4) is 0 Å². The SMILES string of the molecule is CCOP(CON1C(=O)c2ccccc2C1=O)OCC. The molecule has 0 aliphatic carbocycles. The first-order valence-corrected chi connectivity index (χ1v) is 7.69. The van der Waals surface area contributed by atoms with Gasteiger partial charge in [0.2, 0.25) is 8.38 Å². The molecule has 0 aromatic heterocycles. The molecule has 2 amide bonds. The molecule has 1 aliphatic rings. The van der Waals surface area contributed by atoms with Crippen LogP contribution in [0.25, 0.3) is 0 Å². The van der Waals surface area contributed by atoms with Crippen LogP contribution in [0.2, 0.25) is 0 Å². The van der Waals surface area contributed by atoms with Crippen LogP contribution in [0.15, 0.2) is 24.3 Å². The second-order valence-electron chi connectivity index (χ2n) is 3.88. The summed E-state index contributed by atoms with van der Waals surface area (Å²) < 4.78 is 10.7. The first-order chi connectivity index (χ1) is 9.69. The van der Waals surface area contributed by atoms with Gasteiger partial charge in [0.25, 0.3) is 11.8 Å². The van der Waals surface area contributed by atoms with Gasteiger partial charge in [0.15, 0.2) is 0 Å². The van der Waals surface area contributed by atoms with E-state index >= 15 is 0 Å². The van der Waals surface area contributed by atoms with Crippen molar-refractivity contribution in [3.63, 3.8) is 0 Å². The Kier molecular flexibility index (Phi) is 5.20. The molecule has 0 N–H and O–H groups in total. The second kappa shape index (κ2) is 6.90. The first kappa shape index (κ1) is 15.1. The van der Waals surface area contributed by atoms with Gasteiger partial charge in [0.05, 0.1) is 24.3 Å². The Morgan fingerprint density at radius 2 is 1.50 bits per heavy atom. The molecule has 2 rings (SSSR count). The van der Waals surface area contributed by atoms with Gasteiger partial charge in [-0.1, -0.05) is 12.1 Å². The maximum Gasteiger partial charge on any atom is 0.285 e. The molecule has 1 aromatic rings. The average Bonchev–Trinajstić information content (AvgIpc) is 2.70. The number of carbonyl (C=O) groups is 2. The summed E-state index contributed by atoms with van der Waals surface area (Å²) in [6, 6.07) is 6.63. The fourth-order valence-corrected chi connectivity index (χ4v) is 2.80. The summed E-state index contributed by atoms with van der Waals surface area (Å²) in [5, 5.41) is 0.776. The van der Waals surface area contributed by atoms with E-state index in [4.69, 9.17) is 13.9 Å². The predicted octanol–water partition coefficient (Wildman–Crippen LogP) is 2.56. The number of nitrogens with zero attached hydrogens (tertiary/aromatic N) is 1. The van der Waals surface area contributed by atoms with Gasteiger partial charge in [-0.05, 0) is 26.0 Å². The molecule has 20 heavy (non-hydrogen) atoms. The number of carbonyl (C=O) groups excluding carboxylic acids is 2. The number of amides is 2. The van der Waals surface area contributed by atoms with E-state index < -0.39 is 20.2 Å². The lowest BCUT2D eigenvalue weighted by molar-refractivity contribution is -0.0764. The highest BCUT2D eigenvalue weighted by Gasteiger charge is 2.37. The Bertz CT molecular complexity index is 466. The summed E-state index contributed by atoms with van der Waals surface area (Å²) in [7, 11) is -1.26. The Morgan fingerprint density at radius 1 is 1.00 bits per heavy atom. The van der Waals surface area contributed by atoms with Crippen molar-refractivity contribution in [1.82, 2.24) is 5.06 Å². The topological polar surface area (TPSA) is 65.1 Å². The van der Waals surface area contributed by atoms with Crippen molar-refractivity contribution < 1.29 is 23.5 Å². The lowest BCUT2D eigenvalue weighted by atomic mass is 10.1. The summed E-state index contributed by atoms with van der Waals surface area (Å²) in [6.45, 7) is 4.65. The summed E-state index contributed by atoms with van der Waals surface area (Å²) in [4.78, 5) is 29.4. The minimum Gasteiger partial charge on any atom is -0.333 e. The zero-order valence-corrected chi connectivity index (χ0v) is 12.3.